The molecule has 0 saturated carbocycles. The lowest BCUT2D eigenvalue weighted by Gasteiger charge is -2.10. The van der Waals surface area contributed by atoms with Gasteiger partial charge in [-0.2, -0.15) is 0 Å². The molecule has 0 unspecified atom stereocenters. The molecule has 1 aromatic rings. The van der Waals surface area contributed by atoms with Crippen molar-refractivity contribution in [3.63, 3.8) is 0 Å². The van der Waals surface area contributed by atoms with Gasteiger partial charge in [-0.25, -0.2) is 4.98 Å². The quantitative estimate of drug-likeness (QED) is 0.440. The highest BCUT2D eigenvalue weighted by molar-refractivity contribution is 7.11. The molecule has 20 heavy (non-hydrogen) atoms. The first-order valence-corrected chi connectivity index (χ1v) is 8.42. The van der Waals surface area contributed by atoms with Gasteiger partial charge in [-0.3, -0.25) is 4.99 Å². The Bertz CT molecular complexity index is 412. The second-order valence-corrected chi connectivity index (χ2v) is 6.13. The maximum absolute atomic E-state index is 4.66. The Morgan fingerprint density at radius 3 is 2.55 bits per heavy atom. The maximum atomic E-state index is 4.66. The van der Waals surface area contributed by atoms with Crippen LogP contribution >= 0.6 is 11.3 Å². The second kappa shape index (κ2) is 9.75. The van der Waals surface area contributed by atoms with Crippen molar-refractivity contribution in [3.05, 3.63) is 15.6 Å². The zero-order valence-electron chi connectivity index (χ0n) is 13.3. The topological polar surface area (TPSA) is 49.3 Å². The highest BCUT2D eigenvalue weighted by Crippen LogP contribution is 2.17. The van der Waals surface area contributed by atoms with Crippen molar-refractivity contribution in [3.8, 4) is 0 Å². The van der Waals surface area contributed by atoms with Crippen molar-refractivity contribution >= 4 is 17.3 Å². The number of nitrogens with one attached hydrogen (secondary N) is 2. The van der Waals surface area contributed by atoms with Crippen LogP contribution in [-0.2, 0) is 12.8 Å². The van der Waals surface area contributed by atoms with E-state index in [2.05, 4.69) is 41.4 Å². The average molecular weight is 296 g/mol. The number of hydrogen-bond acceptors (Lipinski definition) is 3. The molecule has 0 fully saturated rings. The van der Waals surface area contributed by atoms with E-state index in [1.54, 1.807) is 0 Å². The third kappa shape index (κ3) is 5.90. The van der Waals surface area contributed by atoms with Gasteiger partial charge in [0.25, 0.3) is 0 Å². The summed E-state index contributed by atoms with van der Waals surface area (Å²) in [7, 11) is 1.82. The molecule has 1 aromatic heterocycles. The van der Waals surface area contributed by atoms with Crippen LogP contribution in [0.3, 0.4) is 0 Å². The Morgan fingerprint density at radius 1 is 1.20 bits per heavy atom. The van der Waals surface area contributed by atoms with Crippen molar-refractivity contribution < 1.29 is 0 Å². The van der Waals surface area contributed by atoms with Crippen LogP contribution < -0.4 is 10.6 Å². The van der Waals surface area contributed by atoms with Gasteiger partial charge in [0.2, 0.25) is 0 Å². The molecular formula is C15H28N4S. The molecule has 0 radical (unpaired) electrons. The van der Waals surface area contributed by atoms with E-state index in [0.717, 1.165) is 31.9 Å². The van der Waals surface area contributed by atoms with Crippen molar-refractivity contribution in [2.75, 3.05) is 20.1 Å². The van der Waals surface area contributed by atoms with Gasteiger partial charge in [0, 0.05) is 31.4 Å². The number of thiazole rings is 1. The lowest BCUT2D eigenvalue weighted by Crippen LogP contribution is -2.38. The van der Waals surface area contributed by atoms with E-state index in [9.17, 15) is 0 Å². The molecule has 0 aromatic carbocycles. The third-order valence-corrected chi connectivity index (χ3v) is 4.27. The lowest BCUT2D eigenvalue weighted by atomic mass is 10.2. The van der Waals surface area contributed by atoms with E-state index in [4.69, 9.17) is 0 Å². The molecule has 0 aliphatic carbocycles. The van der Waals surface area contributed by atoms with Gasteiger partial charge in [0.05, 0.1) is 10.7 Å². The minimum Gasteiger partial charge on any atom is -0.356 e. The molecule has 0 aliphatic heterocycles. The van der Waals surface area contributed by atoms with Crippen LogP contribution in [0.15, 0.2) is 4.99 Å². The molecule has 0 saturated heterocycles. The van der Waals surface area contributed by atoms with Crippen molar-refractivity contribution in [1.82, 2.24) is 15.6 Å². The van der Waals surface area contributed by atoms with Crippen LogP contribution in [0.2, 0.25) is 0 Å². The summed E-state index contributed by atoms with van der Waals surface area (Å²) in [5.41, 5.74) is 1.24. The van der Waals surface area contributed by atoms with Gasteiger partial charge >= 0.3 is 0 Å². The molecule has 1 heterocycles. The average Bonchev–Trinajstić information content (AvgIpc) is 2.81. The third-order valence-electron chi connectivity index (χ3n) is 3.20. The number of aromatic nitrogens is 1. The fourth-order valence-electron chi connectivity index (χ4n) is 2.01. The molecule has 0 atom stereocenters. The van der Waals surface area contributed by atoms with Gasteiger partial charge in [0.15, 0.2) is 5.96 Å². The molecule has 114 valence electrons. The summed E-state index contributed by atoms with van der Waals surface area (Å²) in [4.78, 5) is 10.2. The molecule has 5 heteroatoms. The van der Waals surface area contributed by atoms with Crippen LogP contribution in [0.5, 0.6) is 0 Å². The summed E-state index contributed by atoms with van der Waals surface area (Å²) >= 11 is 1.81. The van der Waals surface area contributed by atoms with Gasteiger partial charge in [-0.1, -0.05) is 26.7 Å². The number of guanidine groups is 1. The fraction of sp³-hybridized carbons (Fsp3) is 0.733. The van der Waals surface area contributed by atoms with Crippen molar-refractivity contribution in [2.24, 2.45) is 4.99 Å². The van der Waals surface area contributed by atoms with Gasteiger partial charge < -0.3 is 10.6 Å². The van der Waals surface area contributed by atoms with Crippen LogP contribution in [0.4, 0.5) is 0 Å². The largest absolute Gasteiger partial charge is 0.356 e. The summed E-state index contributed by atoms with van der Waals surface area (Å²) in [5, 5.41) is 7.90. The van der Waals surface area contributed by atoms with Crippen molar-refractivity contribution in [2.45, 2.75) is 52.9 Å². The monoisotopic (exact) mass is 296 g/mol. The number of rotatable bonds is 8. The summed E-state index contributed by atoms with van der Waals surface area (Å²) in [6, 6.07) is 0. The maximum Gasteiger partial charge on any atom is 0.190 e. The minimum absolute atomic E-state index is 0.879. The highest BCUT2D eigenvalue weighted by Gasteiger charge is 2.05. The van der Waals surface area contributed by atoms with E-state index in [1.165, 1.54) is 34.8 Å². The Morgan fingerprint density at radius 2 is 1.95 bits per heavy atom. The van der Waals surface area contributed by atoms with E-state index in [1.807, 2.05) is 18.4 Å². The zero-order chi connectivity index (χ0) is 14.8. The van der Waals surface area contributed by atoms with Crippen LogP contribution in [0.1, 0.15) is 48.7 Å². The highest BCUT2D eigenvalue weighted by atomic mass is 32.1. The Balaban J connectivity index is 2.27. The Labute approximate surface area is 127 Å². The van der Waals surface area contributed by atoms with Gasteiger partial charge in [0.1, 0.15) is 0 Å². The minimum atomic E-state index is 0.879. The smallest absolute Gasteiger partial charge is 0.190 e. The van der Waals surface area contributed by atoms with Gasteiger partial charge in [-0.05, 0) is 19.8 Å². The number of hydrogen-bond donors (Lipinski definition) is 2. The standard InChI is InChI=1S/C15H28N4S/c1-5-7-8-10-17-15(16-4)18-11-9-14-19-13(6-2)12(3)20-14/h5-11H2,1-4H3,(H2,16,17,18). The number of unbranched alkanes of at least 4 members (excludes halogenated alkanes) is 2. The number of aliphatic imine (C=N–C) groups is 1. The molecule has 0 amide bonds. The summed E-state index contributed by atoms with van der Waals surface area (Å²) < 4.78 is 0. The number of nitrogens with zero attached hydrogens (tertiary/aromatic N) is 2. The molecule has 2 N–H and O–H groups in total. The van der Waals surface area contributed by atoms with Crippen LogP contribution in [-0.4, -0.2) is 31.1 Å². The van der Waals surface area contributed by atoms with Crippen LogP contribution in [0, 0.1) is 6.92 Å². The predicted octanol–water partition coefficient (Wildman–Crippen LogP) is 2.91. The van der Waals surface area contributed by atoms with E-state index in [0.29, 0.717) is 0 Å². The summed E-state index contributed by atoms with van der Waals surface area (Å²) in [6.07, 6.45) is 5.69. The second-order valence-electron chi connectivity index (χ2n) is 4.85. The molecule has 4 nitrogen and oxygen atoms in total. The molecule has 1 rings (SSSR count). The van der Waals surface area contributed by atoms with E-state index < -0.39 is 0 Å². The fourth-order valence-corrected chi connectivity index (χ4v) is 3.03. The lowest BCUT2D eigenvalue weighted by molar-refractivity contribution is 0.682. The first kappa shape index (κ1) is 17.0. The molecule has 0 spiro atoms. The van der Waals surface area contributed by atoms with Gasteiger partial charge in [-0.15, -0.1) is 11.3 Å². The normalized spacial score (nSPS) is 11.7. The Hall–Kier alpha value is -1.10. The molecular weight excluding hydrogens is 268 g/mol. The first-order valence-electron chi connectivity index (χ1n) is 7.60. The van der Waals surface area contributed by atoms with Crippen LogP contribution in [0.25, 0.3) is 0 Å². The van der Waals surface area contributed by atoms with Crippen molar-refractivity contribution in [1.29, 1.82) is 0 Å². The first-order chi connectivity index (χ1) is 9.71. The zero-order valence-corrected chi connectivity index (χ0v) is 14.1. The summed E-state index contributed by atoms with van der Waals surface area (Å²) in [5.74, 6) is 0.894. The van der Waals surface area contributed by atoms with E-state index >= 15 is 0 Å². The SMILES string of the molecule is CCCCCNC(=NC)NCCc1nc(CC)c(C)s1. The molecule has 0 bridgehead atoms. The number of aryl methyl sites for hydroxylation is 2. The molecule has 0 aliphatic rings. The summed E-state index contributed by atoms with van der Waals surface area (Å²) in [6.45, 7) is 8.40. The predicted molar refractivity (Wildman–Crippen MR) is 88.8 cm³/mol. The van der Waals surface area contributed by atoms with E-state index in [-0.39, 0.29) is 0 Å². The Kier molecular flexibility index (Phi) is 8.26.